The zero-order chi connectivity index (χ0) is 29.4. The van der Waals surface area contributed by atoms with Gasteiger partial charge in [0.1, 0.15) is 12.6 Å². The Labute approximate surface area is 250 Å². The summed E-state index contributed by atoms with van der Waals surface area (Å²) in [7, 11) is -3.85. The molecular weight excluding hydrogens is 614 g/mol. The van der Waals surface area contributed by atoms with Gasteiger partial charge in [0.05, 0.1) is 11.9 Å². The van der Waals surface area contributed by atoms with Crippen LogP contribution in [0.15, 0.2) is 77.3 Å². The van der Waals surface area contributed by atoms with Crippen molar-refractivity contribution in [1.29, 1.82) is 0 Å². The number of sulfonamides is 1. The Balaban J connectivity index is 2.07. The number of hydrogen-bond acceptors (Lipinski definition) is 4. The highest BCUT2D eigenvalue weighted by Gasteiger charge is 2.33. The highest BCUT2D eigenvalue weighted by Crippen LogP contribution is 2.26. The predicted octanol–water partition coefficient (Wildman–Crippen LogP) is 5.73. The standard InChI is InChI=1S/C30H35BrClN3O4S/c1-5-22(3)33-30(37)28(18-23-9-7-6-8-10-23)34(19-24-11-13-25(31)14-12-24)29(36)20-35(40(4,38)39)27-16-15-26(32)17-21(27)2/h6-17,22,28H,5,18-20H2,1-4H3,(H,33,37)/t22-,28+/m0/s1. The van der Waals surface area contributed by atoms with Gasteiger partial charge in [0.2, 0.25) is 21.8 Å². The van der Waals surface area contributed by atoms with Crippen LogP contribution in [0.1, 0.15) is 37.0 Å². The number of nitrogens with one attached hydrogen (secondary N) is 1. The van der Waals surface area contributed by atoms with E-state index in [4.69, 9.17) is 11.6 Å². The molecule has 0 aliphatic heterocycles. The number of amides is 2. The zero-order valence-electron chi connectivity index (χ0n) is 23.1. The molecule has 0 aromatic heterocycles. The molecule has 0 saturated carbocycles. The SMILES string of the molecule is CC[C@H](C)NC(=O)[C@@H](Cc1ccccc1)N(Cc1ccc(Br)cc1)C(=O)CN(c1ccc(Cl)cc1C)S(C)(=O)=O. The van der Waals surface area contributed by atoms with Gasteiger partial charge in [-0.1, -0.05) is 76.9 Å². The Morgan fingerprint density at radius 3 is 2.23 bits per heavy atom. The predicted molar refractivity (Wildman–Crippen MR) is 165 cm³/mol. The molecule has 3 rings (SSSR count). The number of nitrogens with zero attached hydrogens (tertiary/aromatic N) is 2. The maximum atomic E-state index is 14.1. The lowest BCUT2D eigenvalue weighted by Gasteiger charge is -2.34. The fourth-order valence-electron chi connectivity index (χ4n) is 4.28. The molecule has 0 unspecified atom stereocenters. The molecule has 40 heavy (non-hydrogen) atoms. The lowest BCUT2D eigenvalue weighted by molar-refractivity contribution is -0.140. The molecule has 7 nitrogen and oxygen atoms in total. The Hall–Kier alpha value is -2.88. The molecule has 0 fully saturated rings. The van der Waals surface area contributed by atoms with Crippen LogP contribution in [-0.2, 0) is 32.6 Å². The molecule has 0 heterocycles. The van der Waals surface area contributed by atoms with Gasteiger partial charge >= 0.3 is 0 Å². The molecular formula is C30H35BrClN3O4S. The van der Waals surface area contributed by atoms with Gasteiger partial charge in [-0.15, -0.1) is 0 Å². The number of halogens is 2. The zero-order valence-corrected chi connectivity index (χ0v) is 26.3. The highest BCUT2D eigenvalue weighted by molar-refractivity contribution is 9.10. The fraction of sp³-hybridized carbons (Fsp3) is 0.333. The molecule has 0 saturated heterocycles. The van der Waals surface area contributed by atoms with Crippen LogP contribution in [0.3, 0.4) is 0 Å². The molecule has 0 aliphatic carbocycles. The van der Waals surface area contributed by atoms with Crippen molar-refractivity contribution in [2.45, 2.75) is 52.2 Å². The molecule has 3 aromatic carbocycles. The number of rotatable bonds is 12. The minimum atomic E-state index is -3.85. The van der Waals surface area contributed by atoms with E-state index in [1.165, 1.54) is 4.90 Å². The molecule has 0 radical (unpaired) electrons. The first-order valence-electron chi connectivity index (χ1n) is 13.0. The second kappa shape index (κ2) is 14.1. The summed E-state index contributed by atoms with van der Waals surface area (Å²) in [4.78, 5) is 29.3. The molecule has 1 N–H and O–H groups in total. The van der Waals surface area contributed by atoms with E-state index >= 15 is 0 Å². The topological polar surface area (TPSA) is 86.8 Å². The molecule has 214 valence electrons. The van der Waals surface area contributed by atoms with E-state index in [9.17, 15) is 18.0 Å². The molecule has 2 amide bonds. The van der Waals surface area contributed by atoms with E-state index in [0.717, 1.165) is 32.6 Å². The van der Waals surface area contributed by atoms with Gasteiger partial charge in [-0.2, -0.15) is 0 Å². The number of hydrogen-bond donors (Lipinski definition) is 1. The average Bonchev–Trinajstić information content (AvgIpc) is 2.90. The smallest absolute Gasteiger partial charge is 0.244 e. The van der Waals surface area contributed by atoms with Crippen LogP contribution in [0, 0.1) is 6.92 Å². The lowest BCUT2D eigenvalue weighted by Crippen LogP contribution is -2.54. The number of aryl methyl sites for hydroxylation is 1. The number of benzene rings is 3. The second-order valence-electron chi connectivity index (χ2n) is 9.87. The fourth-order valence-corrected chi connectivity index (χ4v) is 5.67. The van der Waals surface area contributed by atoms with Crippen LogP contribution in [0.5, 0.6) is 0 Å². The Morgan fingerprint density at radius 2 is 1.65 bits per heavy atom. The summed E-state index contributed by atoms with van der Waals surface area (Å²) in [6.07, 6.45) is 2.05. The van der Waals surface area contributed by atoms with Crippen molar-refractivity contribution in [2.24, 2.45) is 0 Å². The van der Waals surface area contributed by atoms with Gasteiger partial charge in [-0.3, -0.25) is 13.9 Å². The Bertz CT molecular complexity index is 1420. The van der Waals surface area contributed by atoms with E-state index < -0.39 is 28.5 Å². The maximum Gasteiger partial charge on any atom is 0.244 e. The van der Waals surface area contributed by atoms with Gasteiger partial charge in [0, 0.05) is 28.5 Å². The third kappa shape index (κ3) is 8.81. The van der Waals surface area contributed by atoms with Crippen molar-refractivity contribution in [3.63, 3.8) is 0 Å². The van der Waals surface area contributed by atoms with Crippen molar-refractivity contribution < 1.29 is 18.0 Å². The van der Waals surface area contributed by atoms with Gasteiger partial charge in [0.15, 0.2) is 0 Å². The number of carbonyl (C=O) groups excluding carboxylic acids is 2. The van der Waals surface area contributed by atoms with E-state index in [1.807, 2.05) is 68.4 Å². The Morgan fingerprint density at radius 1 is 1.00 bits per heavy atom. The van der Waals surface area contributed by atoms with Gasteiger partial charge in [-0.25, -0.2) is 8.42 Å². The van der Waals surface area contributed by atoms with Gasteiger partial charge in [-0.05, 0) is 67.3 Å². The van der Waals surface area contributed by atoms with Crippen molar-refractivity contribution >= 4 is 55.1 Å². The van der Waals surface area contributed by atoms with Crippen LogP contribution < -0.4 is 9.62 Å². The first kappa shape index (κ1) is 31.6. The van der Waals surface area contributed by atoms with Crippen LogP contribution in [0.25, 0.3) is 0 Å². The van der Waals surface area contributed by atoms with E-state index in [0.29, 0.717) is 16.3 Å². The van der Waals surface area contributed by atoms with E-state index in [-0.39, 0.29) is 24.9 Å². The van der Waals surface area contributed by atoms with Crippen molar-refractivity contribution in [3.8, 4) is 0 Å². The van der Waals surface area contributed by atoms with Crippen LogP contribution in [-0.4, -0.2) is 50.0 Å². The molecule has 0 bridgehead atoms. The van der Waals surface area contributed by atoms with Crippen LogP contribution >= 0.6 is 27.5 Å². The summed E-state index contributed by atoms with van der Waals surface area (Å²) in [5.74, 6) is -0.792. The molecule has 0 aliphatic rings. The third-order valence-corrected chi connectivity index (χ3v) is 8.54. The third-order valence-electron chi connectivity index (χ3n) is 6.65. The summed E-state index contributed by atoms with van der Waals surface area (Å²) in [6.45, 7) is 5.27. The van der Waals surface area contributed by atoms with Crippen LogP contribution in [0.2, 0.25) is 5.02 Å². The monoisotopic (exact) mass is 647 g/mol. The molecule has 0 spiro atoms. The molecule has 10 heteroatoms. The first-order valence-corrected chi connectivity index (χ1v) is 16.0. The van der Waals surface area contributed by atoms with E-state index in [1.54, 1.807) is 25.1 Å². The van der Waals surface area contributed by atoms with Crippen LogP contribution in [0.4, 0.5) is 5.69 Å². The number of carbonyl (C=O) groups is 2. The lowest BCUT2D eigenvalue weighted by atomic mass is 10.0. The minimum absolute atomic E-state index is 0.0976. The largest absolute Gasteiger partial charge is 0.352 e. The number of anilines is 1. The van der Waals surface area contributed by atoms with Crippen molar-refractivity contribution in [3.05, 3.63) is 99.0 Å². The maximum absolute atomic E-state index is 14.1. The second-order valence-corrected chi connectivity index (χ2v) is 13.1. The van der Waals surface area contributed by atoms with E-state index in [2.05, 4.69) is 21.2 Å². The first-order chi connectivity index (χ1) is 18.9. The normalized spacial score (nSPS) is 12.8. The van der Waals surface area contributed by atoms with Gasteiger partial charge in [0.25, 0.3) is 0 Å². The van der Waals surface area contributed by atoms with Crippen molar-refractivity contribution in [2.75, 3.05) is 17.1 Å². The minimum Gasteiger partial charge on any atom is -0.352 e. The Kier molecular flexibility index (Phi) is 11.2. The molecule has 3 aromatic rings. The molecule has 2 atom stereocenters. The van der Waals surface area contributed by atoms with Gasteiger partial charge < -0.3 is 10.2 Å². The summed E-state index contributed by atoms with van der Waals surface area (Å²) < 4.78 is 27.8. The average molecular weight is 649 g/mol. The van der Waals surface area contributed by atoms with Crippen molar-refractivity contribution in [1.82, 2.24) is 10.2 Å². The summed E-state index contributed by atoms with van der Waals surface area (Å²) >= 11 is 9.55. The summed E-state index contributed by atoms with van der Waals surface area (Å²) in [6, 6.07) is 20.8. The summed E-state index contributed by atoms with van der Waals surface area (Å²) in [5, 5.41) is 3.48. The quantitative estimate of drug-likeness (QED) is 0.272. The summed E-state index contributed by atoms with van der Waals surface area (Å²) in [5.41, 5.74) is 2.65. The highest BCUT2D eigenvalue weighted by atomic mass is 79.9.